The Morgan fingerprint density at radius 1 is 1.07 bits per heavy atom. The van der Waals surface area contributed by atoms with Crippen molar-refractivity contribution in [2.75, 3.05) is 33.3 Å². The van der Waals surface area contributed by atoms with E-state index in [1.54, 1.807) is 6.92 Å². The number of furan rings is 1. The first-order valence-corrected chi connectivity index (χ1v) is 9.62. The van der Waals surface area contributed by atoms with E-state index in [4.69, 9.17) is 23.4 Å². The molecule has 1 N–H and O–H groups in total. The summed E-state index contributed by atoms with van der Waals surface area (Å²) in [6.45, 7) is 4.53. The van der Waals surface area contributed by atoms with E-state index in [-0.39, 0.29) is 46.4 Å². The fraction of sp³-hybridized carbons (Fsp3) is 0.350. The third kappa shape index (κ3) is 4.28. The number of ether oxygens (including phenoxy) is 4. The molecule has 0 unspecified atom stereocenters. The number of rotatable bonds is 8. The zero-order valence-corrected chi connectivity index (χ0v) is 19.0. The van der Waals surface area contributed by atoms with Crippen molar-refractivity contribution in [3.05, 3.63) is 33.0 Å². The summed E-state index contributed by atoms with van der Waals surface area (Å²) in [4.78, 5) is 37.4. The molecule has 2 aromatic rings. The number of halogens is 1. The maximum Gasteiger partial charge on any atom is 0.344 e. The lowest BCUT2D eigenvalue weighted by Gasteiger charge is -2.16. The van der Waals surface area contributed by atoms with Gasteiger partial charge < -0.3 is 23.4 Å². The molecule has 2 rings (SSSR count). The molecule has 0 atom stereocenters. The van der Waals surface area contributed by atoms with Crippen LogP contribution in [0.4, 0.5) is 5.88 Å². The number of hydrogen-bond acceptors (Lipinski definition) is 8. The molecule has 1 heterocycles. The van der Waals surface area contributed by atoms with Crippen molar-refractivity contribution < 1.29 is 37.7 Å². The number of nitrogens with one attached hydrogen (secondary N) is 1. The summed E-state index contributed by atoms with van der Waals surface area (Å²) in [5.74, 6) is -1.03. The van der Waals surface area contributed by atoms with Gasteiger partial charge >= 0.3 is 5.97 Å². The molecule has 0 saturated heterocycles. The van der Waals surface area contributed by atoms with Gasteiger partial charge in [-0.3, -0.25) is 14.9 Å². The Balaban J connectivity index is 2.57. The maximum absolute atomic E-state index is 13.0. The van der Waals surface area contributed by atoms with Gasteiger partial charge in [0.25, 0.3) is 5.91 Å². The van der Waals surface area contributed by atoms with Gasteiger partial charge in [0.15, 0.2) is 17.3 Å². The first-order valence-electron chi connectivity index (χ1n) is 8.82. The molecule has 0 radical (unpaired) electrons. The highest BCUT2D eigenvalue weighted by atomic mass is 79.9. The molecule has 1 aromatic carbocycles. The van der Waals surface area contributed by atoms with E-state index < -0.39 is 17.7 Å². The lowest BCUT2D eigenvalue weighted by Crippen LogP contribution is -2.17. The van der Waals surface area contributed by atoms with Crippen LogP contribution in [0, 0.1) is 6.92 Å². The standard InChI is InChI=1S/C20H22BrNO8/c1-7-29-20(25)14-13(9(2)23)10(3)30-19(14)22-18(24)11-8-12(26-4)16(27-5)17(28-6)15(11)21/h8H,7H2,1-6H3,(H,22,24). The molecule has 1 amide bonds. The van der Waals surface area contributed by atoms with Gasteiger partial charge in [-0.25, -0.2) is 4.79 Å². The number of carbonyl (C=O) groups excluding carboxylic acids is 3. The van der Waals surface area contributed by atoms with Crippen LogP contribution < -0.4 is 19.5 Å². The smallest absolute Gasteiger partial charge is 0.344 e. The number of esters is 1. The van der Waals surface area contributed by atoms with Crippen LogP contribution in [0.15, 0.2) is 15.0 Å². The highest BCUT2D eigenvalue weighted by Crippen LogP contribution is 2.45. The number of benzene rings is 1. The Bertz CT molecular complexity index is 995. The van der Waals surface area contributed by atoms with Gasteiger partial charge in [-0.2, -0.15) is 0 Å². The molecule has 0 aliphatic heterocycles. The molecule has 0 fully saturated rings. The van der Waals surface area contributed by atoms with Crippen molar-refractivity contribution in [1.82, 2.24) is 0 Å². The van der Waals surface area contributed by atoms with E-state index in [1.807, 2.05) is 0 Å². The first kappa shape index (κ1) is 23.3. The van der Waals surface area contributed by atoms with Crippen LogP contribution in [0.1, 0.15) is 50.7 Å². The van der Waals surface area contributed by atoms with Gasteiger partial charge in [-0.1, -0.05) is 0 Å². The van der Waals surface area contributed by atoms with Gasteiger partial charge in [0.1, 0.15) is 11.3 Å². The molecule has 30 heavy (non-hydrogen) atoms. The lowest BCUT2D eigenvalue weighted by atomic mass is 10.1. The Hall–Kier alpha value is -3.01. The third-order valence-corrected chi connectivity index (χ3v) is 4.94. The van der Waals surface area contributed by atoms with Gasteiger partial charge in [-0.15, -0.1) is 0 Å². The lowest BCUT2D eigenvalue weighted by molar-refractivity contribution is 0.0524. The average molecular weight is 484 g/mol. The van der Waals surface area contributed by atoms with E-state index in [9.17, 15) is 14.4 Å². The van der Waals surface area contributed by atoms with Crippen molar-refractivity contribution in [2.24, 2.45) is 0 Å². The fourth-order valence-corrected chi connectivity index (χ4v) is 3.55. The van der Waals surface area contributed by atoms with E-state index in [1.165, 1.54) is 41.2 Å². The normalized spacial score (nSPS) is 10.4. The minimum absolute atomic E-state index is 0.0488. The third-order valence-electron chi connectivity index (χ3n) is 4.16. The predicted molar refractivity (Wildman–Crippen MR) is 111 cm³/mol. The molecule has 0 aliphatic rings. The highest BCUT2D eigenvalue weighted by Gasteiger charge is 2.30. The summed E-state index contributed by atoms with van der Waals surface area (Å²) in [5.41, 5.74) is 0.0317. The second-order valence-corrected chi connectivity index (χ2v) is 6.77. The van der Waals surface area contributed by atoms with Crippen molar-refractivity contribution in [3.8, 4) is 17.2 Å². The number of Topliss-reactive ketones (excluding diaryl/α,β-unsaturated/α-hetero) is 1. The van der Waals surface area contributed by atoms with Gasteiger partial charge in [0, 0.05) is 0 Å². The second kappa shape index (κ2) is 9.66. The summed E-state index contributed by atoms with van der Waals surface area (Å²) < 4.78 is 26.7. The summed E-state index contributed by atoms with van der Waals surface area (Å²) >= 11 is 3.33. The quantitative estimate of drug-likeness (QED) is 0.442. The Labute approximate surface area is 181 Å². The SMILES string of the molecule is CCOC(=O)c1c(NC(=O)c2cc(OC)c(OC)c(OC)c2Br)oc(C)c1C(C)=O. The minimum atomic E-state index is -0.779. The van der Waals surface area contributed by atoms with Gasteiger partial charge in [-0.05, 0) is 42.8 Å². The van der Waals surface area contributed by atoms with Crippen molar-refractivity contribution in [2.45, 2.75) is 20.8 Å². The molecule has 0 bridgehead atoms. The average Bonchev–Trinajstić information content (AvgIpc) is 3.03. The van der Waals surface area contributed by atoms with E-state index >= 15 is 0 Å². The number of amides is 1. The van der Waals surface area contributed by atoms with Gasteiger partial charge in [0.05, 0.1) is 43.5 Å². The molecular formula is C20H22BrNO8. The highest BCUT2D eigenvalue weighted by molar-refractivity contribution is 9.10. The zero-order chi connectivity index (χ0) is 22.6. The molecular weight excluding hydrogens is 462 g/mol. The molecule has 0 saturated carbocycles. The number of anilines is 1. The monoisotopic (exact) mass is 483 g/mol. The summed E-state index contributed by atoms with van der Waals surface area (Å²) in [6.07, 6.45) is 0. The predicted octanol–water partition coefficient (Wildman–Crippen LogP) is 4.01. The van der Waals surface area contributed by atoms with Crippen molar-refractivity contribution in [1.29, 1.82) is 0 Å². The largest absolute Gasteiger partial charge is 0.493 e. The van der Waals surface area contributed by atoms with Crippen molar-refractivity contribution in [3.63, 3.8) is 0 Å². The van der Waals surface area contributed by atoms with Crippen LogP contribution in [0.25, 0.3) is 0 Å². The minimum Gasteiger partial charge on any atom is -0.493 e. The summed E-state index contributed by atoms with van der Waals surface area (Å²) in [6, 6.07) is 1.44. The Kier molecular flexibility index (Phi) is 7.49. The number of hydrogen-bond donors (Lipinski definition) is 1. The van der Waals surface area contributed by atoms with Crippen molar-refractivity contribution >= 4 is 39.5 Å². The Morgan fingerprint density at radius 3 is 2.20 bits per heavy atom. The molecule has 1 aromatic heterocycles. The fourth-order valence-electron chi connectivity index (χ4n) is 2.91. The summed E-state index contributed by atoms with van der Waals surface area (Å²) in [7, 11) is 4.27. The van der Waals surface area contributed by atoms with Crippen LogP contribution >= 0.6 is 15.9 Å². The van der Waals surface area contributed by atoms with Crippen LogP contribution in [0.3, 0.4) is 0 Å². The van der Waals surface area contributed by atoms with Gasteiger partial charge in [0.2, 0.25) is 11.6 Å². The number of carbonyl (C=O) groups is 3. The van der Waals surface area contributed by atoms with E-state index in [0.717, 1.165) is 0 Å². The number of methoxy groups -OCH3 is 3. The molecule has 0 aliphatic carbocycles. The molecule has 9 nitrogen and oxygen atoms in total. The second-order valence-electron chi connectivity index (χ2n) is 5.98. The number of aryl methyl sites for hydroxylation is 1. The maximum atomic E-state index is 13.0. The molecule has 0 spiro atoms. The summed E-state index contributed by atoms with van der Waals surface area (Å²) in [5, 5.41) is 2.52. The van der Waals surface area contributed by atoms with E-state index in [2.05, 4.69) is 21.2 Å². The number of ketones is 1. The first-order chi connectivity index (χ1) is 14.2. The van der Waals surface area contributed by atoms with Crippen LogP contribution in [0.5, 0.6) is 17.2 Å². The topological polar surface area (TPSA) is 113 Å². The van der Waals surface area contributed by atoms with Crippen LogP contribution in [-0.4, -0.2) is 45.6 Å². The van der Waals surface area contributed by atoms with Crippen LogP contribution in [0.2, 0.25) is 0 Å². The molecule has 162 valence electrons. The zero-order valence-electron chi connectivity index (χ0n) is 17.4. The van der Waals surface area contributed by atoms with Crippen LogP contribution in [-0.2, 0) is 4.74 Å². The van der Waals surface area contributed by atoms with E-state index in [0.29, 0.717) is 10.2 Å². The Morgan fingerprint density at radius 2 is 1.70 bits per heavy atom. The molecule has 10 heteroatoms.